The first-order chi connectivity index (χ1) is 12.7. The molecule has 0 amide bonds. The molecule has 6 heteroatoms. The van der Waals surface area contributed by atoms with Crippen LogP contribution < -0.4 is 11.1 Å². The number of anilines is 1. The summed E-state index contributed by atoms with van der Waals surface area (Å²) in [6, 6.07) is 14.8. The zero-order valence-electron chi connectivity index (χ0n) is 15.4. The van der Waals surface area contributed by atoms with Crippen molar-refractivity contribution in [3.05, 3.63) is 71.5 Å². The average molecular weight is 473 g/mol. The Morgan fingerprint density at radius 2 is 2.00 bits per heavy atom. The van der Waals surface area contributed by atoms with E-state index in [1.165, 1.54) is 24.0 Å². The van der Waals surface area contributed by atoms with Crippen molar-refractivity contribution in [1.29, 1.82) is 0 Å². The van der Waals surface area contributed by atoms with Gasteiger partial charge < -0.3 is 11.1 Å². The van der Waals surface area contributed by atoms with Crippen molar-refractivity contribution in [2.75, 3.05) is 5.32 Å². The molecule has 3 N–H and O–H groups in total. The maximum Gasteiger partial charge on any atom is 0.193 e. The van der Waals surface area contributed by atoms with Crippen molar-refractivity contribution in [3.8, 4) is 11.1 Å². The highest BCUT2D eigenvalue weighted by molar-refractivity contribution is 14.0. The van der Waals surface area contributed by atoms with Crippen LogP contribution in [0.2, 0.25) is 0 Å². The summed E-state index contributed by atoms with van der Waals surface area (Å²) in [6.45, 7) is 0.540. The van der Waals surface area contributed by atoms with Gasteiger partial charge in [0.1, 0.15) is 0 Å². The van der Waals surface area contributed by atoms with Gasteiger partial charge in [-0.25, -0.2) is 4.99 Å². The Kier molecular flexibility index (Phi) is 6.15. The minimum Gasteiger partial charge on any atom is -0.370 e. The molecule has 1 aliphatic rings. The molecule has 2 aromatic carbocycles. The summed E-state index contributed by atoms with van der Waals surface area (Å²) in [7, 11) is 1.92. The predicted octanol–water partition coefficient (Wildman–Crippen LogP) is 4.12. The Labute approximate surface area is 176 Å². The summed E-state index contributed by atoms with van der Waals surface area (Å²) >= 11 is 0. The molecule has 0 spiro atoms. The largest absolute Gasteiger partial charge is 0.370 e. The summed E-state index contributed by atoms with van der Waals surface area (Å²) in [5, 5.41) is 7.43. The topological polar surface area (TPSA) is 68.2 Å². The van der Waals surface area contributed by atoms with Gasteiger partial charge in [-0.05, 0) is 59.7 Å². The number of benzene rings is 2. The smallest absolute Gasteiger partial charge is 0.193 e. The van der Waals surface area contributed by atoms with E-state index in [4.69, 9.17) is 5.73 Å². The fourth-order valence-electron chi connectivity index (χ4n) is 3.43. The van der Waals surface area contributed by atoms with Crippen molar-refractivity contribution >= 4 is 35.6 Å². The summed E-state index contributed by atoms with van der Waals surface area (Å²) in [4.78, 5) is 4.49. The molecule has 0 aliphatic heterocycles. The second-order valence-corrected chi connectivity index (χ2v) is 6.77. The second-order valence-electron chi connectivity index (χ2n) is 6.77. The molecule has 0 saturated heterocycles. The highest BCUT2D eigenvalue weighted by atomic mass is 127. The number of aryl methyl sites for hydroxylation is 3. The van der Waals surface area contributed by atoms with Crippen molar-refractivity contribution < 1.29 is 0 Å². The van der Waals surface area contributed by atoms with Crippen LogP contribution in [0.15, 0.2) is 59.9 Å². The molecule has 1 aliphatic carbocycles. The van der Waals surface area contributed by atoms with Crippen LogP contribution in [0.5, 0.6) is 0 Å². The normalized spacial score (nSPS) is 13.1. The van der Waals surface area contributed by atoms with E-state index in [2.05, 4.69) is 51.8 Å². The molecule has 0 unspecified atom stereocenters. The highest BCUT2D eigenvalue weighted by Gasteiger charge is 2.10. The number of guanidine groups is 1. The molecular formula is C21H24IN5. The van der Waals surface area contributed by atoms with Crippen molar-refractivity contribution in [3.63, 3.8) is 0 Å². The van der Waals surface area contributed by atoms with Gasteiger partial charge in [0, 0.05) is 24.5 Å². The van der Waals surface area contributed by atoms with E-state index in [1.807, 2.05) is 25.5 Å². The van der Waals surface area contributed by atoms with Gasteiger partial charge in [-0.15, -0.1) is 24.0 Å². The number of hydrogen-bond acceptors (Lipinski definition) is 2. The molecule has 1 aromatic heterocycles. The monoisotopic (exact) mass is 473 g/mol. The van der Waals surface area contributed by atoms with E-state index < -0.39 is 0 Å². The van der Waals surface area contributed by atoms with Gasteiger partial charge in [0.05, 0.1) is 12.7 Å². The molecule has 27 heavy (non-hydrogen) atoms. The summed E-state index contributed by atoms with van der Waals surface area (Å²) in [5.74, 6) is 0.440. The standard InChI is InChI=1S/C21H23N5.HI/c1-26-14-19(13-24-26)17-6-2-4-15(10-17)12-23-21(22)25-20-9-8-16-5-3-7-18(16)11-20;/h2,4,6,8-11,13-14H,3,5,7,12H2,1H3,(H3,22,23,25);1H. The Bertz CT molecular complexity index is 961. The second kappa shape index (κ2) is 8.56. The van der Waals surface area contributed by atoms with E-state index in [-0.39, 0.29) is 24.0 Å². The van der Waals surface area contributed by atoms with Crippen LogP contribution in [-0.4, -0.2) is 15.7 Å². The number of halogens is 1. The Morgan fingerprint density at radius 3 is 2.81 bits per heavy atom. The first-order valence-electron chi connectivity index (χ1n) is 8.94. The maximum atomic E-state index is 6.08. The average Bonchev–Trinajstić information content (AvgIpc) is 3.28. The van der Waals surface area contributed by atoms with Gasteiger partial charge >= 0.3 is 0 Å². The molecule has 0 atom stereocenters. The summed E-state index contributed by atoms with van der Waals surface area (Å²) < 4.78 is 1.80. The lowest BCUT2D eigenvalue weighted by Gasteiger charge is -2.08. The van der Waals surface area contributed by atoms with E-state index in [9.17, 15) is 0 Å². The SMILES string of the molecule is Cn1cc(-c2cccc(CN=C(N)Nc3ccc4c(c3)CCC4)c2)cn1.I. The van der Waals surface area contributed by atoms with Crippen LogP contribution >= 0.6 is 24.0 Å². The van der Waals surface area contributed by atoms with Crippen molar-refractivity contribution in [2.24, 2.45) is 17.8 Å². The number of rotatable bonds is 4. The number of fused-ring (bicyclic) bond motifs is 1. The molecule has 1 heterocycles. The molecule has 0 saturated carbocycles. The lowest BCUT2D eigenvalue weighted by atomic mass is 10.1. The minimum absolute atomic E-state index is 0. The quantitative estimate of drug-likeness (QED) is 0.340. The summed E-state index contributed by atoms with van der Waals surface area (Å²) in [5.41, 5.74) is 13.3. The van der Waals surface area contributed by atoms with Gasteiger partial charge in [0.15, 0.2) is 5.96 Å². The van der Waals surface area contributed by atoms with Gasteiger partial charge in [-0.3, -0.25) is 4.68 Å². The fourth-order valence-corrected chi connectivity index (χ4v) is 3.43. The zero-order valence-corrected chi connectivity index (χ0v) is 17.7. The number of hydrogen-bond donors (Lipinski definition) is 2. The number of nitrogens with one attached hydrogen (secondary N) is 1. The maximum absolute atomic E-state index is 6.08. The number of nitrogens with two attached hydrogens (primary N) is 1. The van der Waals surface area contributed by atoms with E-state index in [1.54, 1.807) is 4.68 Å². The molecule has 0 bridgehead atoms. The summed E-state index contributed by atoms with van der Waals surface area (Å²) in [6.07, 6.45) is 7.46. The van der Waals surface area contributed by atoms with Gasteiger partial charge in [-0.2, -0.15) is 5.10 Å². The van der Waals surface area contributed by atoms with Crippen LogP contribution in [0, 0.1) is 0 Å². The van der Waals surface area contributed by atoms with Crippen LogP contribution in [0.3, 0.4) is 0 Å². The number of aromatic nitrogens is 2. The lowest BCUT2D eigenvalue weighted by Crippen LogP contribution is -2.22. The third-order valence-corrected chi connectivity index (χ3v) is 4.77. The molecule has 0 fully saturated rings. The third-order valence-electron chi connectivity index (χ3n) is 4.77. The van der Waals surface area contributed by atoms with E-state index in [0.717, 1.165) is 28.8 Å². The Morgan fingerprint density at radius 1 is 1.15 bits per heavy atom. The minimum atomic E-state index is 0. The van der Waals surface area contributed by atoms with Gasteiger partial charge in [0.2, 0.25) is 0 Å². The molecule has 140 valence electrons. The third kappa shape index (κ3) is 4.68. The van der Waals surface area contributed by atoms with Crippen LogP contribution in [-0.2, 0) is 26.4 Å². The number of aliphatic imine (C=N–C) groups is 1. The van der Waals surface area contributed by atoms with Gasteiger partial charge in [0.25, 0.3) is 0 Å². The molecule has 3 aromatic rings. The van der Waals surface area contributed by atoms with Crippen LogP contribution in [0.4, 0.5) is 5.69 Å². The first kappa shape index (κ1) is 19.4. The molecule has 0 radical (unpaired) electrons. The van der Waals surface area contributed by atoms with Crippen molar-refractivity contribution in [2.45, 2.75) is 25.8 Å². The predicted molar refractivity (Wildman–Crippen MR) is 121 cm³/mol. The number of nitrogens with zero attached hydrogens (tertiary/aromatic N) is 3. The first-order valence-corrected chi connectivity index (χ1v) is 8.94. The fraction of sp³-hybridized carbons (Fsp3) is 0.238. The molecular weight excluding hydrogens is 449 g/mol. The Hall–Kier alpha value is -2.35. The molecule has 5 nitrogen and oxygen atoms in total. The van der Waals surface area contributed by atoms with Crippen LogP contribution in [0.25, 0.3) is 11.1 Å². The molecule has 4 rings (SSSR count). The zero-order chi connectivity index (χ0) is 17.9. The van der Waals surface area contributed by atoms with Crippen LogP contribution in [0.1, 0.15) is 23.1 Å². The van der Waals surface area contributed by atoms with Gasteiger partial charge in [-0.1, -0.05) is 24.3 Å². The van der Waals surface area contributed by atoms with Crippen molar-refractivity contribution in [1.82, 2.24) is 9.78 Å². The lowest BCUT2D eigenvalue weighted by molar-refractivity contribution is 0.768. The Balaban J connectivity index is 0.00000210. The van der Waals surface area contributed by atoms with E-state index in [0.29, 0.717) is 12.5 Å². The van der Waals surface area contributed by atoms with E-state index >= 15 is 0 Å². The highest BCUT2D eigenvalue weighted by Crippen LogP contribution is 2.25.